The molecular weight excluding hydrogens is 192 g/mol. The van der Waals surface area contributed by atoms with E-state index in [1.807, 2.05) is 0 Å². The average molecular weight is 214 g/mol. The van der Waals surface area contributed by atoms with Crippen molar-refractivity contribution in [2.24, 2.45) is 0 Å². The Balaban J connectivity index is 0.000000500. The lowest BCUT2D eigenvalue weighted by Crippen LogP contribution is -2.48. The van der Waals surface area contributed by atoms with Crippen molar-refractivity contribution in [1.29, 1.82) is 5.26 Å². The molecule has 1 rings (SSSR count). The second-order valence-electron chi connectivity index (χ2n) is 4.30. The van der Waals surface area contributed by atoms with E-state index in [0.29, 0.717) is 0 Å². The van der Waals surface area contributed by atoms with Crippen LogP contribution in [0, 0.1) is 10.7 Å². The first-order valence-electron chi connectivity index (χ1n) is 5.53. The molecule has 82 valence electrons. The zero-order valence-electron chi connectivity index (χ0n) is 9.46. The first kappa shape index (κ1) is 13.7. The van der Waals surface area contributed by atoms with E-state index in [4.69, 9.17) is 5.26 Å². The molecule has 1 aliphatic heterocycles. The molecule has 2 nitrogen and oxygen atoms in total. The maximum Gasteiger partial charge on any atom is 0.0784 e. The van der Waals surface area contributed by atoms with Crippen molar-refractivity contribution < 1.29 is 4.48 Å². The van der Waals surface area contributed by atoms with Gasteiger partial charge in [0.2, 0.25) is 0 Å². The van der Waals surface area contributed by atoms with E-state index < -0.39 is 0 Å². The van der Waals surface area contributed by atoms with E-state index in [1.54, 1.807) is 0 Å². The Bertz CT molecular complexity index is 169. The van der Waals surface area contributed by atoms with Gasteiger partial charge in [-0.15, -0.1) is 0 Å². The molecule has 0 unspecified atom stereocenters. The molecule has 0 amide bonds. The number of hydrogen-bond acceptors (Lipinski definition) is 2. The summed E-state index contributed by atoms with van der Waals surface area (Å²) < 4.78 is 1.36. The quantitative estimate of drug-likeness (QED) is 0.409. The number of nitriles is 1. The molecule has 1 aliphatic rings. The molecule has 0 radical (unpaired) electrons. The summed E-state index contributed by atoms with van der Waals surface area (Å²) in [5.74, 6) is 0. The zero-order chi connectivity index (χ0) is 10.9. The summed E-state index contributed by atoms with van der Waals surface area (Å²) in [6.07, 6.45) is 7.16. The number of piperidine rings is 1. The van der Waals surface area contributed by atoms with Crippen LogP contribution in [0.15, 0.2) is 0 Å². The van der Waals surface area contributed by atoms with Crippen LogP contribution in [0.1, 0.15) is 39.0 Å². The van der Waals surface area contributed by atoms with Gasteiger partial charge in [0.25, 0.3) is 0 Å². The lowest BCUT2D eigenvalue weighted by molar-refractivity contribution is -0.914. The van der Waals surface area contributed by atoms with E-state index in [2.05, 4.69) is 26.6 Å². The fourth-order valence-electron chi connectivity index (χ4n) is 2.04. The van der Waals surface area contributed by atoms with Gasteiger partial charge in [0.1, 0.15) is 0 Å². The van der Waals surface area contributed by atoms with E-state index in [9.17, 15) is 0 Å². The van der Waals surface area contributed by atoms with Crippen LogP contribution in [-0.2, 0) is 12.6 Å². The summed E-state index contributed by atoms with van der Waals surface area (Å²) in [6, 6.07) is 0. The normalized spacial score (nSPS) is 18.9. The molecule has 0 aromatic heterocycles. The van der Waals surface area contributed by atoms with Gasteiger partial charge in [-0.05, 0) is 25.7 Å². The van der Waals surface area contributed by atoms with Gasteiger partial charge in [0.15, 0.2) is 0 Å². The van der Waals surface area contributed by atoms with Crippen molar-refractivity contribution in [3.05, 3.63) is 0 Å². The maximum absolute atomic E-state index is 7.13. The van der Waals surface area contributed by atoms with Crippen molar-refractivity contribution in [2.75, 3.05) is 26.7 Å². The summed E-state index contributed by atoms with van der Waals surface area (Å²) in [5, 5.41) is 8.47. The number of likely N-dealkylation sites (tertiary alicyclic amines) is 1. The number of nitrogens with zero attached hydrogens (tertiary/aromatic N) is 2. The van der Waals surface area contributed by atoms with Gasteiger partial charge < -0.3 is 17.1 Å². The van der Waals surface area contributed by atoms with Crippen LogP contribution in [0.3, 0.4) is 0 Å². The Morgan fingerprint density at radius 2 is 1.79 bits per heavy atom. The molecular formula is C11H22N2S. The van der Waals surface area contributed by atoms with Gasteiger partial charge in [-0.3, -0.25) is 0 Å². The number of hydrogen-bond donors (Lipinski definition) is 0. The van der Waals surface area contributed by atoms with Gasteiger partial charge in [-0.25, -0.2) is 5.26 Å². The first-order valence-corrected chi connectivity index (χ1v) is 5.94. The fraction of sp³-hybridized carbons (Fsp3) is 0.909. The lowest BCUT2D eigenvalue weighted by atomic mass is 10.1. The molecule has 14 heavy (non-hydrogen) atoms. The largest absolute Gasteiger partial charge is 0.696 e. The van der Waals surface area contributed by atoms with Gasteiger partial charge >= 0.3 is 0 Å². The van der Waals surface area contributed by atoms with Crippen molar-refractivity contribution in [1.82, 2.24) is 0 Å². The van der Waals surface area contributed by atoms with Gasteiger partial charge in [-0.1, -0.05) is 18.7 Å². The molecule has 0 bridgehead atoms. The van der Waals surface area contributed by atoms with Gasteiger partial charge in [0.05, 0.1) is 26.7 Å². The predicted octanol–water partition coefficient (Wildman–Crippen LogP) is 2.43. The lowest BCUT2D eigenvalue weighted by Gasteiger charge is -2.37. The highest BCUT2D eigenvalue weighted by atomic mass is 32.1. The summed E-state index contributed by atoms with van der Waals surface area (Å²) in [7, 11) is 2.43. The summed E-state index contributed by atoms with van der Waals surface area (Å²) in [5.41, 5.74) is 0. The van der Waals surface area contributed by atoms with E-state index in [-0.39, 0.29) is 0 Å². The van der Waals surface area contributed by atoms with Crippen LogP contribution in [0.25, 0.3) is 0 Å². The molecule has 1 heterocycles. The Morgan fingerprint density at radius 3 is 2.21 bits per heavy atom. The highest BCUT2D eigenvalue weighted by Gasteiger charge is 2.23. The highest BCUT2D eigenvalue weighted by molar-refractivity contribution is 7.64. The molecule has 0 N–H and O–H groups in total. The summed E-state index contributed by atoms with van der Waals surface area (Å²) in [4.78, 5) is 0. The molecule has 3 heteroatoms. The maximum atomic E-state index is 7.13. The number of unbranched alkanes of at least 4 members (excludes halogenated alkanes) is 1. The van der Waals surface area contributed by atoms with Gasteiger partial charge in [-0.2, -0.15) is 0 Å². The van der Waals surface area contributed by atoms with Gasteiger partial charge in [0, 0.05) is 0 Å². The minimum absolute atomic E-state index is 1.33. The highest BCUT2D eigenvalue weighted by Crippen LogP contribution is 2.16. The third kappa shape index (κ3) is 6.17. The smallest absolute Gasteiger partial charge is 0.0784 e. The molecule has 0 spiro atoms. The molecule has 0 aliphatic carbocycles. The molecule has 0 aromatic rings. The molecule has 1 fully saturated rings. The summed E-state index contributed by atoms with van der Waals surface area (Å²) in [6.45, 7) is 6.56. The predicted molar refractivity (Wildman–Crippen MR) is 62.5 cm³/mol. The van der Waals surface area contributed by atoms with E-state index >= 15 is 0 Å². The topological polar surface area (TPSA) is 23.8 Å². The molecule has 0 atom stereocenters. The fourth-order valence-corrected chi connectivity index (χ4v) is 2.04. The first-order chi connectivity index (χ1) is 6.68. The Hall–Kier alpha value is -0.330. The Labute approximate surface area is 93.9 Å². The van der Waals surface area contributed by atoms with Crippen molar-refractivity contribution in [2.45, 2.75) is 39.0 Å². The van der Waals surface area contributed by atoms with Crippen LogP contribution < -0.4 is 0 Å². The number of quaternary nitrogens is 1. The molecule has 0 saturated carbocycles. The standard InChI is InChI=1S/C10H22N.CHNS/c1-3-4-8-11(2)9-6-5-7-10-11;2-1-3/h3-10H2,1-2H3;3H/q+1;/p-1. The third-order valence-corrected chi connectivity index (χ3v) is 2.95. The van der Waals surface area contributed by atoms with Crippen LogP contribution in [0.5, 0.6) is 0 Å². The second-order valence-corrected chi connectivity index (χ2v) is 4.48. The second kappa shape index (κ2) is 8.02. The minimum Gasteiger partial charge on any atom is -0.696 e. The third-order valence-electron chi connectivity index (χ3n) is 2.95. The molecule has 0 aromatic carbocycles. The monoisotopic (exact) mass is 214 g/mol. The Morgan fingerprint density at radius 1 is 1.29 bits per heavy atom. The minimum atomic E-state index is 1.33. The molecule has 1 saturated heterocycles. The SMILES string of the molecule is CCCC[N+]1(C)CCCCC1.N#C[S-]. The summed E-state index contributed by atoms with van der Waals surface area (Å²) >= 11 is 3.70. The van der Waals surface area contributed by atoms with E-state index in [0.717, 1.165) is 0 Å². The number of thiocyanates is 1. The van der Waals surface area contributed by atoms with E-state index in [1.165, 1.54) is 61.6 Å². The van der Waals surface area contributed by atoms with Crippen LogP contribution in [0.4, 0.5) is 0 Å². The van der Waals surface area contributed by atoms with Crippen molar-refractivity contribution >= 4 is 12.6 Å². The zero-order valence-corrected chi connectivity index (χ0v) is 10.3. The Kier molecular flexibility index (Phi) is 7.83. The van der Waals surface area contributed by atoms with Crippen LogP contribution >= 0.6 is 0 Å². The number of rotatable bonds is 3. The van der Waals surface area contributed by atoms with Crippen LogP contribution in [0.2, 0.25) is 0 Å². The van der Waals surface area contributed by atoms with Crippen LogP contribution in [-0.4, -0.2) is 31.2 Å². The van der Waals surface area contributed by atoms with Crippen molar-refractivity contribution in [3.8, 4) is 5.40 Å². The van der Waals surface area contributed by atoms with Crippen molar-refractivity contribution in [3.63, 3.8) is 0 Å². The average Bonchev–Trinajstić information content (AvgIpc) is 2.17.